The van der Waals surface area contributed by atoms with Gasteiger partial charge in [-0.3, -0.25) is 5.10 Å². The van der Waals surface area contributed by atoms with Crippen LogP contribution in [0.5, 0.6) is 5.75 Å². The number of piperidine rings is 1. The molecule has 13 heavy (non-hydrogen) atoms. The highest BCUT2D eigenvalue weighted by atomic mass is 16.5. The van der Waals surface area contributed by atoms with Crippen LogP contribution in [0.4, 0.5) is 0 Å². The molecule has 0 aromatic carbocycles. The SMILES string of the molecule is CN1CCC(Oc2cn[nH]c2)CC1. The second-order valence-electron chi connectivity index (χ2n) is 3.55. The quantitative estimate of drug-likeness (QED) is 0.736. The predicted octanol–water partition coefficient (Wildman–Crippen LogP) is 0.883. The lowest BCUT2D eigenvalue weighted by Gasteiger charge is -2.28. The molecule has 0 amide bonds. The first kappa shape index (κ1) is 8.56. The van der Waals surface area contributed by atoms with Crippen LogP contribution in [0, 0.1) is 0 Å². The van der Waals surface area contributed by atoms with Crippen molar-refractivity contribution in [2.45, 2.75) is 18.9 Å². The normalized spacial score (nSPS) is 20.4. The lowest BCUT2D eigenvalue weighted by atomic mass is 10.1. The first-order valence-electron chi connectivity index (χ1n) is 4.68. The van der Waals surface area contributed by atoms with E-state index in [1.165, 1.54) is 0 Å². The Morgan fingerprint density at radius 2 is 2.31 bits per heavy atom. The number of nitrogens with one attached hydrogen (secondary N) is 1. The second-order valence-corrected chi connectivity index (χ2v) is 3.55. The first-order valence-corrected chi connectivity index (χ1v) is 4.68. The fourth-order valence-corrected chi connectivity index (χ4v) is 1.60. The Hall–Kier alpha value is -1.03. The van der Waals surface area contributed by atoms with E-state index in [1.54, 1.807) is 12.4 Å². The monoisotopic (exact) mass is 181 g/mol. The Kier molecular flexibility index (Phi) is 2.49. The van der Waals surface area contributed by atoms with Crippen LogP contribution in [0.3, 0.4) is 0 Å². The van der Waals surface area contributed by atoms with Gasteiger partial charge in [-0.25, -0.2) is 0 Å². The zero-order valence-electron chi connectivity index (χ0n) is 7.86. The summed E-state index contributed by atoms with van der Waals surface area (Å²) in [7, 11) is 2.15. The summed E-state index contributed by atoms with van der Waals surface area (Å²) in [5.74, 6) is 0.856. The van der Waals surface area contributed by atoms with Crippen LogP contribution < -0.4 is 4.74 Å². The maximum absolute atomic E-state index is 5.72. The summed E-state index contributed by atoms with van der Waals surface area (Å²) >= 11 is 0. The van der Waals surface area contributed by atoms with Crippen molar-refractivity contribution in [2.24, 2.45) is 0 Å². The van der Waals surface area contributed by atoms with Crippen LogP contribution in [-0.4, -0.2) is 41.3 Å². The van der Waals surface area contributed by atoms with E-state index >= 15 is 0 Å². The van der Waals surface area contributed by atoms with Crippen molar-refractivity contribution in [3.8, 4) is 5.75 Å². The maximum atomic E-state index is 5.72. The van der Waals surface area contributed by atoms with Gasteiger partial charge in [0.15, 0.2) is 5.75 Å². The Bertz CT molecular complexity index is 239. The standard InChI is InChI=1S/C9H15N3O/c1-12-4-2-8(3-5-12)13-9-6-10-11-7-9/h6-8H,2-5H2,1H3,(H,10,11). The van der Waals surface area contributed by atoms with Gasteiger partial charge in [-0.05, 0) is 19.9 Å². The second kappa shape index (κ2) is 3.79. The van der Waals surface area contributed by atoms with Crippen LogP contribution in [0.1, 0.15) is 12.8 Å². The lowest BCUT2D eigenvalue weighted by molar-refractivity contribution is 0.114. The highest BCUT2D eigenvalue weighted by molar-refractivity contribution is 5.10. The molecule has 2 rings (SSSR count). The van der Waals surface area contributed by atoms with Gasteiger partial charge in [0.2, 0.25) is 0 Å². The number of ether oxygens (including phenoxy) is 1. The molecule has 0 radical (unpaired) electrons. The van der Waals surface area contributed by atoms with E-state index < -0.39 is 0 Å². The molecule has 4 nitrogen and oxygen atoms in total. The molecular formula is C9H15N3O. The summed E-state index contributed by atoms with van der Waals surface area (Å²) in [6, 6.07) is 0. The molecule has 1 saturated heterocycles. The zero-order valence-corrected chi connectivity index (χ0v) is 7.86. The van der Waals surface area contributed by atoms with E-state index in [-0.39, 0.29) is 0 Å². The summed E-state index contributed by atoms with van der Waals surface area (Å²) in [4.78, 5) is 2.33. The molecule has 1 N–H and O–H groups in total. The molecule has 0 atom stereocenters. The van der Waals surface area contributed by atoms with Crippen molar-refractivity contribution in [1.82, 2.24) is 15.1 Å². The van der Waals surface area contributed by atoms with Crippen molar-refractivity contribution in [3.63, 3.8) is 0 Å². The van der Waals surface area contributed by atoms with Crippen LogP contribution in [0.15, 0.2) is 12.4 Å². The number of likely N-dealkylation sites (tertiary alicyclic amines) is 1. The third-order valence-corrected chi connectivity index (χ3v) is 2.44. The highest BCUT2D eigenvalue weighted by Gasteiger charge is 2.17. The van der Waals surface area contributed by atoms with Crippen LogP contribution >= 0.6 is 0 Å². The fraction of sp³-hybridized carbons (Fsp3) is 0.667. The van der Waals surface area contributed by atoms with Crippen LogP contribution in [0.2, 0.25) is 0 Å². The number of rotatable bonds is 2. The van der Waals surface area contributed by atoms with Gasteiger partial charge in [0.1, 0.15) is 6.10 Å². The van der Waals surface area contributed by atoms with Crippen LogP contribution in [-0.2, 0) is 0 Å². The van der Waals surface area contributed by atoms with E-state index in [2.05, 4.69) is 22.1 Å². The van der Waals surface area contributed by atoms with Gasteiger partial charge in [0.25, 0.3) is 0 Å². The Labute approximate surface area is 77.9 Å². The molecule has 4 heteroatoms. The van der Waals surface area contributed by atoms with Crippen molar-refractivity contribution < 1.29 is 4.74 Å². The Morgan fingerprint density at radius 1 is 1.54 bits per heavy atom. The van der Waals surface area contributed by atoms with Crippen molar-refractivity contribution in [1.29, 1.82) is 0 Å². The van der Waals surface area contributed by atoms with Crippen molar-refractivity contribution in [3.05, 3.63) is 12.4 Å². The molecule has 72 valence electrons. The molecule has 0 aliphatic carbocycles. The predicted molar refractivity (Wildman–Crippen MR) is 49.7 cm³/mol. The van der Waals surface area contributed by atoms with Gasteiger partial charge < -0.3 is 9.64 Å². The fourth-order valence-electron chi connectivity index (χ4n) is 1.60. The molecule has 0 bridgehead atoms. The van der Waals surface area contributed by atoms with Gasteiger partial charge in [0, 0.05) is 13.1 Å². The van der Waals surface area contributed by atoms with E-state index in [1.807, 2.05) is 0 Å². The Balaban J connectivity index is 1.83. The molecule has 0 spiro atoms. The molecule has 0 unspecified atom stereocenters. The van der Waals surface area contributed by atoms with Gasteiger partial charge in [-0.15, -0.1) is 0 Å². The number of aromatic amines is 1. The zero-order chi connectivity index (χ0) is 9.10. The third kappa shape index (κ3) is 2.21. The number of hydrogen-bond acceptors (Lipinski definition) is 3. The molecule has 1 aromatic heterocycles. The minimum atomic E-state index is 0.369. The molecule has 1 aliphatic heterocycles. The van der Waals surface area contributed by atoms with E-state index in [4.69, 9.17) is 4.74 Å². The average Bonchev–Trinajstić information content (AvgIpc) is 2.62. The largest absolute Gasteiger partial charge is 0.487 e. The molecule has 1 aromatic rings. The summed E-state index contributed by atoms with van der Waals surface area (Å²) in [6.45, 7) is 2.25. The number of aromatic nitrogens is 2. The lowest BCUT2D eigenvalue weighted by Crippen LogP contribution is -2.35. The molecule has 1 fully saturated rings. The summed E-state index contributed by atoms with van der Waals surface area (Å²) < 4.78 is 5.72. The number of H-pyrrole nitrogens is 1. The van der Waals surface area contributed by atoms with E-state index in [0.29, 0.717) is 6.10 Å². The topological polar surface area (TPSA) is 41.1 Å². The first-order chi connectivity index (χ1) is 6.34. The average molecular weight is 181 g/mol. The van der Waals surface area contributed by atoms with Gasteiger partial charge in [-0.2, -0.15) is 5.10 Å². The number of hydrogen-bond donors (Lipinski definition) is 1. The molecule has 2 heterocycles. The van der Waals surface area contributed by atoms with Crippen molar-refractivity contribution in [2.75, 3.05) is 20.1 Å². The summed E-state index contributed by atoms with van der Waals surface area (Å²) in [5, 5.41) is 6.58. The number of nitrogens with zero attached hydrogens (tertiary/aromatic N) is 2. The molecule has 1 aliphatic rings. The Morgan fingerprint density at radius 3 is 2.92 bits per heavy atom. The molecular weight excluding hydrogens is 166 g/mol. The van der Waals surface area contributed by atoms with E-state index in [0.717, 1.165) is 31.7 Å². The maximum Gasteiger partial charge on any atom is 0.157 e. The molecule has 0 saturated carbocycles. The minimum Gasteiger partial charge on any atom is -0.487 e. The van der Waals surface area contributed by atoms with Gasteiger partial charge in [0.05, 0.1) is 12.4 Å². The third-order valence-electron chi connectivity index (χ3n) is 2.44. The highest BCUT2D eigenvalue weighted by Crippen LogP contribution is 2.16. The van der Waals surface area contributed by atoms with E-state index in [9.17, 15) is 0 Å². The van der Waals surface area contributed by atoms with Crippen LogP contribution in [0.25, 0.3) is 0 Å². The smallest absolute Gasteiger partial charge is 0.157 e. The van der Waals surface area contributed by atoms with Gasteiger partial charge >= 0.3 is 0 Å². The minimum absolute atomic E-state index is 0.369. The summed E-state index contributed by atoms with van der Waals surface area (Å²) in [5.41, 5.74) is 0. The van der Waals surface area contributed by atoms with Gasteiger partial charge in [-0.1, -0.05) is 0 Å². The summed E-state index contributed by atoms with van der Waals surface area (Å²) in [6.07, 6.45) is 6.11. The van der Waals surface area contributed by atoms with Crippen molar-refractivity contribution >= 4 is 0 Å².